The highest BCUT2D eigenvalue weighted by Gasteiger charge is 2.76. The molecule has 0 aromatic heterocycles. The van der Waals surface area contributed by atoms with Gasteiger partial charge in [0.25, 0.3) is 0 Å². The minimum absolute atomic E-state index is 0.891. The summed E-state index contributed by atoms with van der Waals surface area (Å²) in [6, 6.07) is 0. The summed E-state index contributed by atoms with van der Waals surface area (Å²) in [5.41, 5.74) is 0. The van der Waals surface area contributed by atoms with Gasteiger partial charge in [-0.05, 0) is 125 Å². The minimum Gasteiger partial charge on any atom is -0.0860 e. The summed E-state index contributed by atoms with van der Waals surface area (Å²) in [6.07, 6.45) is 12.1. The van der Waals surface area contributed by atoms with Crippen molar-refractivity contribution in [2.75, 3.05) is 25.0 Å². The number of fused-ring (bicyclic) bond motifs is 12. The second-order valence-electron chi connectivity index (χ2n) is 8.62. The van der Waals surface area contributed by atoms with Crippen LogP contribution in [0.25, 0.3) is 0 Å². The van der Waals surface area contributed by atoms with Gasteiger partial charge in [0.1, 0.15) is 0 Å². The van der Waals surface area contributed by atoms with Gasteiger partial charge >= 0.3 is 0 Å². The molecule has 4 bridgehead atoms. The highest BCUT2D eigenvalue weighted by molar-refractivity contribution is 9.11. The molecule has 0 saturated heterocycles. The van der Waals surface area contributed by atoms with Gasteiger partial charge in [-0.2, -0.15) is 0 Å². The van der Waals surface area contributed by atoms with E-state index in [1.54, 1.807) is 12.8 Å². The van der Waals surface area contributed by atoms with E-state index < -0.39 is 0 Å². The van der Waals surface area contributed by atoms with Crippen LogP contribution in [0.5, 0.6) is 0 Å². The van der Waals surface area contributed by atoms with Crippen molar-refractivity contribution in [3.8, 4) is 0 Å². The molecule has 8 unspecified atom stereocenters. The minimum atomic E-state index is 0.891. The topological polar surface area (TPSA) is 0 Å². The summed E-state index contributed by atoms with van der Waals surface area (Å²) >= 11 is 0. The lowest BCUT2D eigenvalue weighted by Crippen LogP contribution is -2.60. The Morgan fingerprint density at radius 1 is 0.400 bits per heavy atom. The molecule has 0 heterocycles. The fourth-order valence-corrected chi connectivity index (χ4v) is 24.1. The predicted octanol–water partition coefficient (Wildman–Crippen LogP) is 9.88. The number of rotatable bonds is 12. The summed E-state index contributed by atoms with van der Waals surface area (Å²) in [5, 5.41) is 3.56. The fourth-order valence-electron chi connectivity index (χ4n) is 7.65. The average Bonchev–Trinajstić information content (AvgIpc) is 3.43. The quantitative estimate of drug-likeness (QED) is 0.189. The Morgan fingerprint density at radius 3 is 0.833 bits per heavy atom. The van der Waals surface area contributed by atoms with Crippen molar-refractivity contribution >= 4 is 126 Å². The van der Waals surface area contributed by atoms with Gasteiger partial charge in [0.05, 0.1) is 0 Å². The zero-order valence-electron chi connectivity index (χ0n) is 17.2. The zero-order valence-corrected chi connectivity index (χ0v) is 27.0. The standard InChI is InChI=1S/C18H28S12/c1-19-27-23-15-7-5-8(16(15)24-28-20-2)12-11(7)13-9-6-10(14(12)13)18(26-30-22-4)17(9)25-29-21-3/h7-18H,5-6H2,1-4H3. The molecule has 5 saturated carbocycles. The van der Waals surface area contributed by atoms with Gasteiger partial charge in [-0.3, -0.25) is 0 Å². The van der Waals surface area contributed by atoms with E-state index in [2.05, 4.69) is 108 Å². The van der Waals surface area contributed by atoms with Gasteiger partial charge < -0.3 is 0 Å². The van der Waals surface area contributed by atoms with Crippen molar-refractivity contribution in [1.29, 1.82) is 0 Å². The molecule has 0 aliphatic heterocycles. The maximum absolute atomic E-state index is 2.25. The molecule has 0 amide bonds. The highest BCUT2D eigenvalue weighted by Crippen LogP contribution is 2.80. The van der Waals surface area contributed by atoms with Crippen LogP contribution in [0.15, 0.2) is 0 Å². The molecule has 12 heteroatoms. The fraction of sp³-hybridized carbons (Fsp3) is 1.00. The third kappa shape index (κ3) is 4.42. The Labute approximate surface area is 229 Å². The molecule has 5 rings (SSSR count). The summed E-state index contributed by atoms with van der Waals surface area (Å²) < 4.78 is 0. The molecule has 0 nitrogen and oxygen atoms in total. The lowest BCUT2D eigenvalue weighted by Gasteiger charge is -2.61. The van der Waals surface area contributed by atoms with Crippen LogP contribution < -0.4 is 0 Å². The predicted molar refractivity (Wildman–Crippen MR) is 167 cm³/mol. The van der Waals surface area contributed by atoms with Crippen LogP contribution >= 0.6 is 126 Å². The smallest absolute Gasteiger partial charge is 0.0321 e. The monoisotopic (exact) mass is 628 g/mol. The Balaban J connectivity index is 1.35. The van der Waals surface area contributed by atoms with Crippen LogP contribution in [-0.4, -0.2) is 46.0 Å². The second-order valence-corrected chi connectivity index (χ2v) is 26.3. The van der Waals surface area contributed by atoms with Crippen molar-refractivity contribution < 1.29 is 0 Å². The van der Waals surface area contributed by atoms with E-state index in [9.17, 15) is 0 Å². The first kappa shape index (κ1) is 25.8. The SMILES string of the molecule is CSSSC1C2CC(C1SSSC)C1C2C2C3CC(C(SSSC)C3SSSC)C12. The van der Waals surface area contributed by atoms with E-state index in [1.165, 1.54) is 0 Å². The Hall–Kier alpha value is 4.20. The molecule has 172 valence electrons. The number of hydrogen-bond acceptors (Lipinski definition) is 12. The van der Waals surface area contributed by atoms with Gasteiger partial charge in [-0.15, -0.1) is 0 Å². The molecule has 30 heavy (non-hydrogen) atoms. The molecular formula is C18H28S12. The third-order valence-electron chi connectivity index (χ3n) is 8.05. The lowest BCUT2D eigenvalue weighted by molar-refractivity contribution is -0.0847. The highest BCUT2D eigenvalue weighted by atomic mass is 33.5. The maximum Gasteiger partial charge on any atom is 0.0321 e. The molecule has 0 N–H and O–H groups in total. The van der Waals surface area contributed by atoms with E-state index in [4.69, 9.17) is 0 Å². The molecule has 5 aliphatic carbocycles. The van der Waals surface area contributed by atoms with Crippen LogP contribution in [0.1, 0.15) is 12.8 Å². The van der Waals surface area contributed by atoms with Crippen LogP contribution in [0.3, 0.4) is 0 Å². The van der Waals surface area contributed by atoms with Gasteiger partial charge in [0, 0.05) is 21.0 Å². The maximum atomic E-state index is 2.25. The van der Waals surface area contributed by atoms with Crippen molar-refractivity contribution in [3.05, 3.63) is 0 Å². The summed E-state index contributed by atoms with van der Waals surface area (Å²) in [5.74, 6) is 8.35. The summed E-state index contributed by atoms with van der Waals surface area (Å²) in [6.45, 7) is 0. The largest absolute Gasteiger partial charge is 0.0860 e. The molecule has 5 fully saturated rings. The van der Waals surface area contributed by atoms with E-state index in [0.717, 1.165) is 68.3 Å². The third-order valence-corrected chi connectivity index (χ3v) is 25.7. The Kier molecular flexibility index (Phi) is 10.1. The van der Waals surface area contributed by atoms with Crippen LogP contribution in [0.2, 0.25) is 0 Å². The Morgan fingerprint density at radius 2 is 0.633 bits per heavy atom. The first-order valence-corrected chi connectivity index (χ1v) is 26.0. The molecule has 8 atom stereocenters. The normalized spacial score (nSPS) is 50.0. The van der Waals surface area contributed by atoms with Gasteiger partial charge in [-0.1, -0.05) is 86.4 Å². The zero-order chi connectivity index (χ0) is 20.8. The van der Waals surface area contributed by atoms with E-state index in [1.807, 2.05) is 43.2 Å². The second kappa shape index (κ2) is 11.7. The molecule has 0 aromatic carbocycles. The Bertz CT molecular complexity index is 488. The lowest BCUT2D eigenvalue weighted by atomic mass is 9.48. The molecule has 0 spiro atoms. The molecule has 5 aliphatic rings. The molecular weight excluding hydrogens is 601 g/mol. The van der Waals surface area contributed by atoms with Crippen molar-refractivity contribution in [1.82, 2.24) is 0 Å². The van der Waals surface area contributed by atoms with Gasteiger partial charge in [0.2, 0.25) is 0 Å². The summed E-state index contributed by atoms with van der Waals surface area (Å²) in [7, 11) is 25.0. The van der Waals surface area contributed by atoms with Gasteiger partial charge in [-0.25, -0.2) is 0 Å². The van der Waals surface area contributed by atoms with E-state index in [-0.39, 0.29) is 0 Å². The number of hydrogen-bond donors (Lipinski definition) is 0. The van der Waals surface area contributed by atoms with E-state index >= 15 is 0 Å². The first-order valence-electron chi connectivity index (χ1n) is 10.2. The van der Waals surface area contributed by atoms with Crippen molar-refractivity contribution in [3.63, 3.8) is 0 Å². The first-order chi connectivity index (χ1) is 14.8. The molecule has 0 radical (unpaired) electrons. The average molecular weight is 629 g/mol. The molecule has 0 aromatic rings. The summed E-state index contributed by atoms with van der Waals surface area (Å²) in [4.78, 5) is 0. The van der Waals surface area contributed by atoms with Gasteiger partial charge in [0.15, 0.2) is 0 Å². The van der Waals surface area contributed by atoms with Crippen molar-refractivity contribution in [2.24, 2.45) is 47.3 Å². The van der Waals surface area contributed by atoms with Crippen LogP contribution in [0, 0.1) is 47.3 Å². The van der Waals surface area contributed by atoms with Crippen LogP contribution in [0.4, 0.5) is 0 Å². The van der Waals surface area contributed by atoms with Crippen LogP contribution in [-0.2, 0) is 0 Å². The van der Waals surface area contributed by atoms with E-state index in [0.29, 0.717) is 0 Å². The van der Waals surface area contributed by atoms with Crippen molar-refractivity contribution in [2.45, 2.75) is 33.8 Å².